The van der Waals surface area contributed by atoms with E-state index < -0.39 is 10.8 Å². The molecule has 1 aliphatic heterocycles. The summed E-state index contributed by atoms with van der Waals surface area (Å²) in [5.41, 5.74) is 1.24. The summed E-state index contributed by atoms with van der Waals surface area (Å²) in [5, 5.41) is 17.1. The average Bonchev–Trinajstić information content (AvgIpc) is 2.77. The number of aromatic nitrogens is 1. The van der Waals surface area contributed by atoms with Crippen LogP contribution in [0.3, 0.4) is 0 Å². The Kier molecular flexibility index (Phi) is 7.96. The summed E-state index contributed by atoms with van der Waals surface area (Å²) in [7, 11) is 1.55. The quantitative estimate of drug-likeness (QED) is 0.345. The van der Waals surface area contributed by atoms with E-state index in [9.17, 15) is 14.9 Å². The van der Waals surface area contributed by atoms with Gasteiger partial charge in [-0.3, -0.25) is 14.9 Å². The van der Waals surface area contributed by atoms with Gasteiger partial charge in [-0.2, -0.15) is 0 Å². The highest BCUT2D eigenvalue weighted by Crippen LogP contribution is 2.25. The van der Waals surface area contributed by atoms with Gasteiger partial charge in [0.05, 0.1) is 23.7 Å². The highest BCUT2D eigenvalue weighted by Gasteiger charge is 2.23. The van der Waals surface area contributed by atoms with Crippen LogP contribution in [0.1, 0.15) is 29.8 Å². The number of nitrogens with zero attached hydrogens (tertiary/aromatic N) is 3. The van der Waals surface area contributed by atoms with Crippen molar-refractivity contribution >= 4 is 23.1 Å². The zero-order valence-electron chi connectivity index (χ0n) is 18.5. The summed E-state index contributed by atoms with van der Waals surface area (Å²) in [6, 6.07) is 8.20. The molecule has 3 rings (SSSR count). The molecule has 1 aliphatic rings. The number of amides is 1. The van der Waals surface area contributed by atoms with Crippen LogP contribution in [-0.2, 0) is 16.0 Å². The number of rotatable bonds is 9. The predicted molar refractivity (Wildman–Crippen MR) is 121 cm³/mol. The lowest BCUT2D eigenvalue weighted by atomic mass is 10.1. The van der Waals surface area contributed by atoms with Crippen LogP contribution in [0, 0.1) is 10.1 Å². The van der Waals surface area contributed by atoms with Gasteiger partial charge in [0.25, 0.3) is 11.6 Å². The first-order chi connectivity index (χ1) is 15.4. The fourth-order valence-corrected chi connectivity index (χ4v) is 3.62. The second kappa shape index (κ2) is 10.9. The van der Waals surface area contributed by atoms with Crippen molar-refractivity contribution in [2.45, 2.75) is 32.6 Å². The van der Waals surface area contributed by atoms with E-state index in [1.54, 1.807) is 19.4 Å². The van der Waals surface area contributed by atoms with Gasteiger partial charge in [0.1, 0.15) is 11.5 Å². The second-order valence-electron chi connectivity index (χ2n) is 7.78. The van der Waals surface area contributed by atoms with Crippen molar-refractivity contribution in [3.05, 3.63) is 57.8 Å². The van der Waals surface area contributed by atoms with E-state index in [2.05, 4.69) is 20.5 Å². The van der Waals surface area contributed by atoms with Gasteiger partial charge in [-0.1, -0.05) is 6.07 Å². The zero-order valence-corrected chi connectivity index (χ0v) is 18.5. The third-order valence-electron chi connectivity index (χ3n) is 5.08. The number of hydrogen-bond donors (Lipinski definition) is 2. The van der Waals surface area contributed by atoms with E-state index in [1.807, 2.05) is 26.0 Å². The average molecular weight is 444 g/mol. The van der Waals surface area contributed by atoms with E-state index in [4.69, 9.17) is 9.47 Å². The first-order valence-electron chi connectivity index (χ1n) is 10.5. The summed E-state index contributed by atoms with van der Waals surface area (Å²) in [6.45, 7) is 6.75. The number of pyridine rings is 1. The van der Waals surface area contributed by atoms with Crippen molar-refractivity contribution in [1.29, 1.82) is 0 Å². The molecule has 0 spiro atoms. The van der Waals surface area contributed by atoms with Crippen molar-refractivity contribution < 1.29 is 19.2 Å². The molecule has 1 saturated heterocycles. The van der Waals surface area contributed by atoms with E-state index in [0.29, 0.717) is 18.8 Å². The van der Waals surface area contributed by atoms with Gasteiger partial charge >= 0.3 is 0 Å². The molecule has 2 heterocycles. The Hall–Kier alpha value is -3.24. The van der Waals surface area contributed by atoms with E-state index in [0.717, 1.165) is 24.5 Å². The number of nitro benzene ring substituents is 1. The van der Waals surface area contributed by atoms with Gasteiger partial charge in [0.15, 0.2) is 0 Å². The predicted octanol–water partition coefficient (Wildman–Crippen LogP) is 2.59. The monoisotopic (exact) mass is 443 g/mol. The van der Waals surface area contributed by atoms with E-state index >= 15 is 0 Å². The normalized spacial score (nSPS) is 18.3. The molecule has 2 N–H and O–H groups in total. The number of hydrogen-bond acceptors (Lipinski definition) is 8. The number of benzene rings is 1. The standard InChI is InChI=1S/C22H29N5O5/c1-15-13-26(14-16(2)32-15)21-7-4-17(11-24-21)12-25-22(28)18-5-6-19(23-8-9-31-3)20(10-18)27(29)30/h4-7,10-11,15-16,23H,8-9,12-14H2,1-3H3,(H,25,28). The van der Waals surface area contributed by atoms with Gasteiger partial charge in [0.2, 0.25) is 0 Å². The number of nitro groups is 1. The van der Waals surface area contributed by atoms with Gasteiger partial charge in [-0.05, 0) is 37.6 Å². The number of methoxy groups -OCH3 is 1. The Morgan fingerprint density at radius 2 is 2.03 bits per heavy atom. The number of carbonyl (C=O) groups is 1. The van der Waals surface area contributed by atoms with Gasteiger partial charge in [-0.25, -0.2) is 4.98 Å². The topological polar surface area (TPSA) is 119 Å². The molecule has 2 unspecified atom stereocenters. The fraction of sp³-hybridized carbons (Fsp3) is 0.455. The largest absolute Gasteiger partial charge is 0.383 e. The van der Waals surface area contributed by atoms with Crippen LogP contribution in [0.2, 0.25) is 0 Å². The summed E-state index contributed by atoms with van der Waals surface area (Å²) in [5.74, 6) is 0.478. The minimum absolute atomic E-state index is 0.144. The maximum atomic E-state index is 12.5. The summed E-state index contributed by atoms with van der Waals surface area (Å²) < 4.78 is 10.7. The van der Waals surface area contributed by atoms with Crippen LogP contribution in [-0.4, -0.2) is 61.4 Å². The summed E-state index contributed by atoms with van der Waals surface area (Å²) in [6.07, 6.45) is 2.02. The molecule has 0 saturated carbocycles. The van der Waals surface area contributed by atoms with Crippen LogP contribution in [0.5, 0.6) is 0 Å². The van der Waals surface area contributed by atoms with Crippen LogP contribution in [0.4, 0.5) is 17.2 Å². The maximum Gasteiger partial charge on any atom is 0.293 e. The van der Waals surface area contributed by atoms with Crippen LogP contribution in [0.15, 0.2) is 36.5 Å². The summed E-state index contributed by atoms with van der Waals surface area (Å²) in [4.78, 5) is 30.1. The molecule has 0 radical (unpaired) electrons. The molecule has 0 bridgehead atoms. The number of morpholine rings is 1. The highest BCUT2D eigenvalue weighted by molar-refractivity contribution is 5.95. The zero-order chi connectivity index (χ0) is 23.1. The Balaban J connectivity index is 1.60. The van der Waals surface area contributed by atoms with Crippen molar-refractivity contribution in [3.8, 4) is 0 Å². The van der Waals surface area contributed by atoms with Crippen molar-refractivity contribution in [1.82, 2.24) is 10.3 Å². The molecule has 2 aromatic rings. The lowest BCUT2D eigenvalue weighted by Gasteiger charge is -2.36. The molecule has 172 valence electrons. The molecule has 10 heteroatoms. The second-order valence-corrected chi connectivity index (χ2v) is 7.78. The molecule has 1 fully saturated rings. The molecule has 0 aliphatic carbocycles. The molecule has 32 heavy (non-hydrogen) atoms. The molecular formula is C22H29N5O5. The number of carbonyl (C=O) groups excluding carboxylic acids is 1. The molecule has 1 aromatic carbocycles. The third-order valence-corrected chi connectivity index (χ3v) is 5.08. The highest BCUT2D eigenvalue weighted by atomic mass is 16.6. The van der Waals surface area contributed by atoms with Crippen LogP contribution < -0.4 is 15.5 Å². The molecule has 1 aromatic heterocycles. The van der Waals surface area contributed by atoms with Gasteiger partial charge < -0.3 is 25.0 Å². The van der Waals surface area contributed by atoms with Crippen molar-refractivity contribution in [3.63, 3.8) is 0 Å². The SMILES string of the molecule is COCCNc1ccc(C(=O)NCc2ccc(N3CC(C)OC(C)C3)nc2)cc1[N+](=O)[O-]. The third kappa shape index (κ3) is 6.14. The van der Waals surface area contributed by atoms with Gasteiger partial charge in [0, 0.05) is 51.1 Å². The minimum Gasteiger partial charge on any atom is -0.383 e. The molecule has 2 atom stereocenters. The Labute approximate surface area is 187 Å². The van der Waals surface area contributed by atoms with E-state index in [1.165, 1.54) is 12.1 Å². The van der Waals surface area contributed by atoms with Crippen LogP contribution in [0.25, 0.3) is 0 Å². The van der Waals surface area contributed by atoms with Crippen molar-refractivity contribution in [2.24, 2.45) is 0 Å². The summed E-state index contributed by atoms with van der Waals surface area (Å²) >= 11 is 0. The fourth-order valence-electron chi connectivity index (χ4n) is 3.62. The Bertz CT molecular complexity index is 927. The number of nitrogens with one attached hydrogen (secondary N) is 2. The number of ether oxygens (including phenoxy) is 2. The first kappa shape index (κ1) is 23.4. The van der Waals surface area contributed by atoms with Crippen LogP contribution >= 0.6 is 0 Å². The Morgan fingerprint density at radius 3 is 2.66 bits per heavy atom. The smallest absolute Gasteiger partial charge is 0.293 e. The van der Waals surface area contributed by atoms with Crippen molar-refractivity contribution in [2.75, 3.05) is 43.6 Å². The lowest BCUT2D eigenvalue weighted by Crippen LogP contribution is -2.45. The Morgan fingerprint density at radius 1 is 1.28 bits per heavy atom. The van der Waals surface area contributed by atoms with E-state index in [-0.39, 0.29) is 30.0 Å². The molecular weight excluding hydrogens is 414 g/mol. The van der Waals surface area contributed by atoms with Gasteiger partial charge in [-0.15, -0.1) is 0 Å². The minimum atomic E-state index is -0.512. The number of anilines is 2. The first-order valence-corrected chi connectivity index (χ1v) is 10.5. The maximum absolute atomic E-state index is 12.5. The molecule has 10 nitrogen and oxygen atoms in total. The lowest BCUT2D eigenvalue weighted by molar-refractivity contribution is -0.384. The molecule has 1 amide bonds.